The lowest BCUT2D eigenvalue weighted by atomic mass is 10.1. The number of rotatable bonds is 2. The molecule has 9 heteroatoms. The zero-order chi connectivity index (χ0) is 14.2. The molecule has 0 fully saturated rings. The number of carbonyl (C=O) groups is 1. The third-order valence-corrected chi connectivity index (χ3v) is 2.47. The molecule has 1 aromatic carbocycles. The molecule has 19 heavy (non-hydrogen) atoms. The van der Waals surface area contributed by atoms with Crippen molar-refractivity contribution in [3.05, 3.63) is 34.7 Å². The van der Waals surface area contributed by atoms with Gasteiger partial charge in [0.15, 0.2) is 0 Å². The van der Waals surface area contributed by atoms with Crippen LogP contribution < -0.4 is 0 Å². The molecule has 0 amide bonds. The van der Waals surface area contributed by atoms with E-state index in [1.807, 2.05) is 0 Å². The minimum Gasteiger partial charge on any atom is -0.474 e. The number of hydrogen-bond donors (Lipinski definition) is 1. The first-order valence-corrected chi connectivity index (χ1v) is 5.11. The molecule has 0 radical (unpaired) electrons. The average Bonchev–Trinajstić information content (AvgIpc) is 2.77. The van der Waals surface area contributed by atoms with Crippen molar-refractivity contribution in [2.75, 3.05) is 0 Å². The fourth-order valence-electron chi connectivity index (χ4n) is 1.29. The molecule has 0 bridgehead atoms. The van der Waals surface area contributed by atoms with E-state index in [0.29, 0.717) is 0 Å². The summed E-state index contributed by atoms with van der Waals surface area (Å²) in [5.74, 6) is -2.54. The van der Waals surface area contributed by atoms with Gasteiger partial charge in [-0.1, -0.05) is 16.8 Å². The summed E-state index contributed by atoms with van der Waals surface area (Å²) in [6.07, 6.45) is -4.56. The lowest BCUT2D eigenvalue weighted by Crippen LogP contribution is -2.05. The van der Waals surface area contributed by atoms with Gasteiger partial charge in [-0.05, 0) is 18.2 Å². The van der Waals surface area contributed by atoms with Gasteiger partial charge < -0.3 is 9.63 Å². The van der Waals surface area contributed by atoms with Crippen molar-refractivity contribution in [2.24, 2.45) is 0 Å². The first-order valence-electron chi connectivity index (χ1n) is 4.73. The first-order chi connectivity index (χ1) is 8.79. The van der Waals surface area contributed by atoms with Crippen LogP contribution >= 0.6 is 11.6 Å². The minimum absolute atomic E-state index is 0.0502. The highest BCUT2D eigenvalue weighted by atomic mass is 35.5. The molecule has 1 aromatic heterocycles. The zero-order valence-electron chi connectivity index (χ0n) is 8.90. The van der Waals surface area contributed by atoms with E-state index in [1.54, 1.807) is 0 Å². The number of aromatic nitrogens is 2. The largest absolute Gasteiger partial charge is 0.474 e. The molecule has 0 spiro atoms. The Labute approximate surface area is 108 Å². The molecule has 2 rings (SSSR count). The Kier molecular flexibility index (Phi) is 3.19. The van der Waals surface area contributed by atoms with Crippen LogP contribution in [0.1, 0.15) is 16.2 Å². The predicted molar refractivity (Wildman–Crippen MR) is 56.7 cm³/mol. The lowest BCUT2D eigenvalue weighted by molar-refractivity contribution is -0.137. The summed E-state index contributed by atoms with van der Waals surface area (Å²) in [5.41, 5.74) is -1.11. The summed E-state index contributed by atoms with van der Waals surface area (Å²) in [4.78, 5) is 14.0. The van der Waals surface area contributed by atoms with Crippen LogP contribution in [0.25, 0.3) is 11.4 Å². The van der Waals surface area contributed by atoms with Crippen LogP contribution in [0.15, 0.2) is 22.7 Å². The van der Waals surface area contributed by atoms with E-state index in [4.69, 9.17) is 16.7 Å². The third kappa shape index (κ3) is 2.68. The molecule has 1 heterocycles. The van der Waals surface area contributed by atoms with E-state index in [1.165, 1.54) is 0 Å². The third-order valence-electron chi connectivity index (χ3n) is 2.14. The molecular weight excluding hydrogens is 289 g/mol. The number of halogens is 4. The van der Waals surface area contributed by atoms with Gasteiger partial charge in [0.2, 0.25) is 5.82 Å². The van der Waals surface area contributed by atoms with Gasteiger partial charge in [-0.3, -0.25) is 0 Å². The van der Waals surface area contributed by atoms with Crippen molar-refractivity contribution >= 4 is 17.6 Å². The summed E-state index contributed by atoms with van der Waals surface area (Å²) >= 11 is 5.73. The Morgan fingerprint density at radius 2 is 2.05 bits per heavy atom. The molecule has 0 saturated carbocycles. The molecule has 0 aliphatic carbocycles. The molecule has 0 atom stereocenters. The fourth-order valence-corrected chi connectivity index (χ4v) is 1.49. The van der Waals surface area contributed by atoms with Crippen LogP contribution in [0, 0.1) is 0 Å². The lowest BCUT2D eigenvalue weighted by Gasteiger charge is -2.08. The quantitative estimate of drug-likeness (QED) is 0.920. The van der Waals surface area contributed by atoms with E-state index in [2.05, 4.69) is 14.7 Å². The highest BCUT2D eigenvalue weighted by Gasteiger charge is 2.31. The second kappa shape index (κ2) is 4.54. The van der Waals surface area contributed by atoms with Gasteiger partial charge in [0.05, 0.1) is 10.6 Å². The number of alkyl halides is 3. The van der Waals surface area contributed by atoms with Gasteiger partial charge >= 0.3 is 18.0 Å². The summed E-state index contributed by atoms with van der Waals surface area (Å²) in [5, 5.41) is 11.8. The molecule has 1 N–H and O–H groups in total. The molecule has 0 aliphatic rings. The summed E-state index contributed by atoms with van der Waals surface area (Å²) in [6, 6.07) is 2.54. The van der Waals surface area contributed by atoms with Gasteiger partial charge in [0.25, 0.3) is 0 Å². The Morgan fingerprint density at radius 3 is 2.58 bits per heavy atom. The average molecular weight is 293 g/mol. The van der Waals surface area contributed by atoms with Gasteiger partial charge in [0, 0.05) is 5.56 Å². The molecule has 2 aromatic rings. The van der Waals surface area contributed by atoms with Crippen molar-refractivity contribution in [2.45, 2.75) is 6.18 Å². The Hall–Kier alpha value is -2.09. The second-order valence-electron chi connectivity index (χ2n) is 3.42. The van der Waals surface area contributed by atoms with Crippen molar-refractivity contribution in [1.82, 2.24) is 10.1 Å². The normalized spacial score (nSPS) is 11.6. The number of carboxylic acids is 1. The second-order valence-corrected chi connectivity index (χ2v) is 3.83. The fraction of sp³-hybridized carbons (Fsp3) is 0.100. The highest BCUT2D eigenvalue weighted by Crippen LogP contribution is 2.34. The Morgan fingerprint density at radius 1 is 1.37 bits per heavy atom. The summed E-state index contributed by atoms with van der Waals surface area (Å²) in [7, 11) is 0. The number of carboxylic acid groups (broad SMARTS) is 1. The molecular formula is C10H4ClF3N2O3. The maximum atomic E-state index is 12.5. The minimum atomic E-state index is -4.56. The monoisotopic (exact) mass is 292 g/mol. The van der Waals surface area contributed by atoms with Crippen LogP contribution in [0.2, 0.25) is 5.02 Å². The van der Waals surface area contributed by atoms with Gasteiger partial charge in [-0.2, -0.15) is 18.2 Å². The first kappa shape index (κ1) is 13.3. The maximum absolute atomic E-state index is 12.5. The molecule has 100 valence electrons. The van der Waals surface area contributed by atoms with Crippen LogP contribution in [0.5, 0.6) is 0 Å². The number of nitrogens with zero attached hydrogens (tertiary/aromatic N) is 2. The van der Waals surface area contributed by atoms with Crippen LogP contribution in [-0.4, -0.2) is 21.2 Å². The topological polar surface area (TPSA) is 76.2 Å². The van der Waals surface area contributed by atoms with Gasteiger partial charge in [-0.15, -0.1) is 0 Å². The van der Waals surface area contributed by atoms with E-state index < -0.39 is 23.6 Å². The summed E-state index contributed by atoms with van der Waals surface area (Å²) in [6.45, 7) is 0. The molecule has 0 aliphatic heterocycles. The smallest absolute Gasteiger partial charge is 0.416 e. The van der Waals surface area contributed by atoms with Gasteiger partial charge in [0.1, 0.15) is 0 Å². The van der Waals surface area contributed by atoms with Crippen LogP contribution in [0.4, 0.5) is 13.2 Å². The van der Waals surface area contributed by atoms with Crippen LogP contribution in [0.3, 0.4) is 0 Å². The number of benzene rings is 1. The Bertz CT molecular complexity index is 639. The van der Waals surface area contributed by atoms with Crippen LogP contribution in [-0.2, 0) is 6.18 Å². The highest BCUT2D eigenvalue weighted by molar-refractivity contribution is 6.33. The SMILES string of the molecule is O=C(O)c1nc(-c2cc(C(F)(F)F)ccc2Cl)no1. The van der Waals surface area contributed by atoms with E-state index in [9.17, 15) is 18.0 Å². The van der Waals surface area contributed by atoms with Crippen molar-refractivity contribution < 1.29 is 27.6 Å². The number of aromatic carboxylic acids is 1. The van der Waals surface area contributed by atoms with E-state index in [-0.39, 0.29) is 16.4 Å². The maximum Gasteiger partial charge on any atom is 0.416 e. The predicted octanol–water partition coefficient (Wildman–Crippen LogP) is 3.11. The van der Waals surface area contributed by atoms with Crippen molar-refractivity contribution in [3.63, 3.8) is 0 Å². The van der Waals surface area contributed by atoms with E-state index >= 15 is 0 Å². The van der Waals surface area contributed by atoms with E-state index in [0.717, 1.165) is 18.2 Å². The molecule has 5 nitrogen and oxygen atoms in total. The van der Waals surface area contributed by atoms with Gasteiger partial charge in [-0.25, -0.2) is 4.79 Å². The number of hydrogen-bond acceptors (Lipinski definition) is 4. The summed E-state index contributed by atoms with van der Waals surface area (Å²) < 4.78 is 42.0. The Balaban J connectivity index is 2.51. The standard InChI is InChI=1S/C10H4ClF3N2O3/c11-6-2-1-4(10(12,13)14)3-5(6)7-15-8(9(17)18)19-16-7/h1-3H,(H,17,18). The molecule has 0 saturated heterocycles. The zero-order valence-corrected chi connectivity index (χ0v) is 9.66. The van der Waals surface area contributed by atoms with Crippen molar-refractivity contribution in [1.29, 1.82) is 0 Å². The van der Waals surface area contributed by atoms with Crippen molar-refractivity contribution in [3.8, 4) is 11.4 Å². The molecule has 0 unspecified atom stereocenters.